The van der Waals surface area contributed by atoms with Crippen molar-refractivity contribution in [2.24, 2.45) is 5.92 Å². The number of methoxy groups -OCH3 is 2. The van der Waals surface area contributed by atoms with E-state index in [1.165, 1.54) is 11.3 Å². The number of H-pyrrole nitrogens is 1. The lowest BCUT2D eigenvalue weighted by Crippen LogP contribution is -2.52. The Morgan fingerprint density at radius 3 is 2.41 bits per heavy atom. The molecule has 3 saturated heterocycles. The fraction of sp³-hybridized carbons (Fsp3) is 0.378. The van der Waals surface area contributed by atoms with E-state index in [0.29, 0.717) is 50.0 Å². The summed E-state index contributed by atoms with van der Waals surface area (Å²) in [4.78, 5) is 33.9. The summed E-state index contributed by atoms with van der Waals surface area (Å²) in [5.41, 5.74) is 3.20. The molecule has 5 heterocycles. The summed E-state index contributed by atoms with van der Waals surface area (Å²) in [6.45, 7) is 5.29. The molecule has 2 aromatic carbocycles. The lowest BCUT2D eigenvalue weighted by Gasteiger charge is -2.44. The molecule has 3 fully saturated rings. The molecule has 2 N–H and O–H groups in total. The van der Waals surface area contributed by atoms with Crippen LogP contribution in [0.3, 0.4) is 0 Å². The standard InChI is InChI=1S/C37H39Cl2N3O6S/c1-22-6-4-5-7-26(22)35(37(44)48-33-21-42-14-12-23(33)13-15-42)41-18-25-9-11-34(49-25)36(43)47-31(17-27-28(38)19-40-20-29(27)39)24-8-10-30(45-2)32(16-24)46-3/h4-11,16,19-20,23,31,33,35,41H,12-15,17-18,21H2,1-3H3/p+1/t31-,33-,35?/m0/s1. The molecule has 0 aliphatic carbocycles. The maximum atomic E-state index is 13.7. The van der Waals surface area contributed by atoms with Crippen LogP contribution in [-0.4, -0.2) is 56.8 Å². The Bertz CT molecular complexity index is 1770. The van der Waals surface area contributed by atoms with Crippen LogP contribution in [-0.2, 0) is 27.2 Å². The van der Waals surface area contributed by atoms with Crippen LogP contribution in [0.25, 0.3) is 0 Å². The molecule has 0 amide bonds. The fourth-order valence-electron chi connectivity index (χ4n) is 6.60. The number of benzene rings is 2. The van der Waals surface area contributed by atoms with E-state index in [9.17, 15) is 9.59 Å². The first-order valence-electron chi connectivity index (χ1n) is 16.3. The number of halogens is 2. The molecule has 1 unspecified atom stereocenters. The second-order valence-corrected chi connectivity index (χ2v) is 14.4. The largest absolute Gasteiger partial charge is 0.493 e. The molecule has 0 saturated carbocycles. The molecule has 7 rings (SSSR count). The molecule has 0 spiro atoms. The number of aromatic amines is 1. The Hall–Kier alpha value is -3.67. The Balaban J connectivity index is 1.18. The molecule has 0 radical (unpaired) electrons. The third-order valence-electron chi connectivity index (χ3n) is 9.36. The number of rotatable bonds is 13. The summed E-state index contributed by atoms with van der Waals surface area (Å²) < 4.78 is 23.2. The predicted octanol–water partition coefficient (Wildman–Crippen LogP) is 6.80. The molecule has 9 nitrogen and oxygen atoms in total. The number of hydrogen-bond acceptors (Lipinski definition) is 9. The van der Waals surface area contributed by atoms with Gasteiger partial charge in [-0.25, -0.2) is 14.6 Å². The molecule has 2 aromatic heterocycles. The Morgan fingerprint density at radius 2 is 1.73 bits per heavy atom. The van der Waals surface area contributed by atoms with E-state index in [-0.39, 0.29) is 18.5 Å². The van der Waals surface area contributed by atoms with E-state index in [1.54, 1.807) is 44.8 Å². The highest BCUT2D eigenvalue weighted by Gasteiger charge is 2.38. The van der Waals surface area contributed by atoms with Crippen LogP contribution in [0.2, 0.25) is 10.0 Å². The number of nitrogens with zero attached hydrogens (tertiary/aromatic N) is 1. The number of carbonyl (C=O) groups is 2. The predicted molar refractivity (Wildman–Crippen MR) is 189 cm³/mol. The summed E-state index contributed by atoms with van der Waals surface area (Å²) in [7, 11) is 3.11. The van der Waals surface area contributed by atoms with Crippen molar-refractivity contribution in [3.63, 3.8) is 0 Å². The van der Waals surface area contributed by atoms with Crippen molar-refractivity contribution in [3.05, 3.63) is 109 Å². The molecular formula is C37H40Cl2N3O6S+. The number of hydrogen-bond donors (Lipinski definition) is 1. The second-order valence-electron chi connectivity index (χ2n) is 12.4. The van der Waals surface area contributed by atoms with Gasteiger partial charge in [-0.1, -0.05) is 53.5 Å². The summed E-state index contributed by atoms with van der Waals surface area (Å²) in [5, 5.41) is 4.28. The fourth-order valence-corrected chi connectivity index (χ4v) is 7.98. The molecule has 49 heavy (non-hydrogen) atoms. The van der Waals surface area contributed by atoms with Gasteiger partial charge in [-0.05, 0) is 79.7 Å². The number of carbonyl (C=O) groups excluding carboxylic acids is 2. The highest BCUT2D eigenvalue weighted by atomic mass is 35.5. The number of aryl methyl sites for hydroxylation is 1. The third kappa shape index (κ3) is 8.22. The Labute approximate surface area is 300 Å². The van der Waals surface area contributed by atoms with E-state index >= 15 is 0 Å². The average molecular weight is 726 g/mol. The number of aromatic nitrogens is 1. The minimum Gasteiger partial charge on any atom is -0.493 e. The van der Waals surface area contributed by atoms with Gasteiger partial charge >= 0.3 is 11.9 Å². The van der Waals surface area contributed by atoms with Gasteiger partial charge in [0, 0.05) is 30.0 Å². The van der Waals surface area contributed by atoms with Crippen molar-refractivity contribution >= 4 is 46.5 Å². The van der Waals surface area contributed by atoms with E-state index in [4.69, 9.17) is 42.1 Å². The zero-order valence-electron chi connectivity index (χ0n) is 27.7. The lowest BCUT2D eigenvalue weighted by molar-refractivity contribution is -0.377. The van der Waals surface area contributed by atoms with Crippen molar-refractivity contribution in [2.45, 2.75) is 51.0 Å². The van der Waals surface area contributed by atoms with Crippen LogP contribution in [0.5, 0.6) is 11.5 Å². The van der Waals surface area contributed by atoms with Gasteiger partial charge in [0.05, 0.1) is 14.2 Å². The molecule has 12 heteroatoms. The molecule has 3 atom stereocenters. The monoisotopic (exact) mass is 724 g/mol. The zero-order chi connectivity index (χ0) is 34.5. The van der Waals surface area contributed by atoms with Crippen molar-refractivity contribution in [2.75, 3.05) is 33.9 Å². The van der Waals surface area contributed by atoms with E-state index in [0.717, 1.165) is 48.5 Å². The van der Waals surface area contributed by atoms with Crippen LogP contribution < -0.4 is 19.8 Å². The first kappa shape index (κ1) is 35.2. The minimum atomic E-state index is -0.736. The van der Waals surface area contributed by atoms with Crippen molar-refractivity contribution in [1.82, 2.24) is 10.2 Å². The smallest absolute Gasteiger partial charge is 0.348 e. The average Bonchev–Trinajstić information content (AvgIpc) is 3.59. The zero-order valence-corrected chi connectivity index (χ0v) is 30.0. The number of piperidine rings is 3. The number of thiophene rings is 1. The Kier molecular flexibility index (Phi) is 11.4. The number of fused-ring (bicyclic) bond motifs is 3. The van der Waals surface area contributed by atoms with Gasteiger partial charge in [-0.15, -0.1) is 11.3 Å². The molecule has 2 bridgehead atoms. The maximum absolute atomic E-state index is 13.7. The quantitative estimate of drug-likeness (QED) is 0.150. The number of nitrogens with one attached hydrogen (secondary N) is 2. The first-order valence-corrected chi connectivity index (χ1v) is 17.9. The number of pyridine rings is 1. The molecule has 3 aliphatic rings. The van der Waals surface area contributed by atoms with Gasteiger partial charge in [0.15, 0.2) is 23.9 Å². The highest BCUT2D eigenvalue weighted by Crippen LogP contribution is 2.36. The number of esters is 2. The summed E-state index contributed by atoms with van der Waals surface area (Å²) in [6, 6.07) is 16.2. The van der Waals surface area contributed by atoms with E-state index < -0.39 is 18.1 Å². The normalized spacial score (nSPS) is 19.6. The highest BCUT2D eigenvalue weighted by molar-refractivity contribution is 7.13. The van der Waals surface area contributed by atoms with Gasteiger partial charge < -0.3 is 18.9 Å². The van der Waals surface area contributed by atoms with Crippen molar-refractivity contribution < 1.29 is 33.5 Å². The molecule has 3 aliphatic heterocycles. The summed E-state index contributed by atoms with van der Waals surface area (Å²) in [6.07, 6.45) is 4.78. The maximum Gasteiger partial charge on any atom is 0.348 e. The van der Waals surface area contributed by atoms with Crippen LogP contribution in [0.1, 0.15) is 61.8 Å². The SMILES string of the molecule is COc1ccc([C@H](Cc2c(Cl)c[nH+]cc2Cl)OC(=O)c2ccc(CNC(C(=O)O[C@H]3CN4CCC3CC4)c3ccccc3C)s2)cc1OC. The van der Waals surface area contributed by atoms with Gasteiger partial charge in [0.2, 0.25) is 0 Å². The van der Waals surface area contributed by atoms with Gasteiger partial charge in [-0.3, -0.25) is 10.2 Å². The summed E-state index contributed by atoms with van der Waals surface area (Å²) in [5.74, 6) is 0.682. The molecule has 258 valence electrons. The van der Waals surface area contributed by atoms with Crippen LogP contribution in [0.15, 0.2) is 67.0 Å². The third-order valence-corrected chi connectivity index (χ3v) is 11.1. The second kappa shape index (κ2) is 15.9. The first-order chi connectivity index (χ1) is 23.7. The van der Waals surface area contributed by atoms with Gasteiger partial charge in [-0.2, -0.15) is 0 Å². The Morgan fingerprint density at radius 1 is 1.00 bits per heavy atom. The van der Waals surface area contributed by atoms with Crippen LogP contribution >= 0.6 is 34.5 Å². The molecular weight excluding hydrogens is 685 g/mol. The lowest BCUT2D eigenvalue weighted by atomic mass is 9.86. The topological polar surface area (TPSA) is 100 Å². The van der Waals surface area contributed by atoms with Gasteiger partial charge in [0.1, 0.15) is 33.2 Å². The van der Waals surface area contributed by atoms with Gasteiger partial charge in [0.25, 0.3) is 0 Å². The van der Waals surface area contributed by atoms with Crippen molar-refractivity contribution in [1.29, 1.82) is 0 Å². The van der Waals surface area contributed by atoms with E-state index in [1.807, 2.05) is 43.3 Å². The van der Waals surface area contributed by atoms with Crippen LogP contribution in [0, 0.1) is 12.8 Å². The number of ether oxygens (including phenoxy) is 4. The van der Waals surface area contributed by atoms with Crippen LogP contribution in [0.4, 0.5) is 0 Å². The van der Waals surface area contributed by atoms with Crippen molar-refractivity contribution in [3.8, 4) is 11.5 Å². The minimum absolute atomic E-state index is 0.0937. The summed E-state index contributed by atoms with van der Waals surface area (Å²) >= 11 is 14.3. The van der Waals surface area contributed by atoms with E-state index in [2.05, 4.69) is 15.2 Å². The molecule has 4 aromatic rings.